The third kappa shape index (κ3) is 3.43. The number of hydrogen-bond donors (Lipinski definition) is 0. The summed E-state index contributed by atoms with van der Waals surface area (Å²) in [5.74, 6) is -0.398. The van der Waals surface area contributed by atoms with Crippen molar-refractivity contribution < 1.29 is 17.9 Å². The van der Waals surface area contributed by atoms with Gasteiger partial charge in [-0.25, -0.2) is 8.42 Å². The number of hydrogen-bond acceptors (Lipinski definition) is 5. The minimum absolute atomic E-state index is 0.00893. The Morgan fingerprint density at radius 1 is 1.42 bits per heavy atom. The van der Waals surface area contributed by atoms with Crippen molar-refractivity contribution >= 4 is 61.6 Å². The number of carbonyl (C=O) groups excluding carboxylic acids is 1. The fourth-order valence-electron chi connectivity index (χ4n) is 2.79. The van der Waals surface area contributed by atoms with Crippen LogP contribution in [0.5, 0.6) is 0 Å². The molecule has 10 heteroatoms. The van der Waals surface area contributed by atoms with Crippen molar-refractivity contribution in [2.75, 3.05) is 30.1 Å². The first kappa shape index (κ1) is 18.0. The highest BCUT2D eigenvalue weighted by Gasteiger charge is 2.49. The highest BCUT2D eigenvalue weighted by Crippen LogP contribution is 2.44. The van der Waals surface area contributed by atoms with E-state index in [4.69, 9.17) is 27.9 Å². The highest BCUT2D eigenvalue weighted by atomic mass is 35.5. The minimum atomic E-state index is -3.13. The van der Waals surface area contributed by atoms with Crippen LogP contribution in [0, 0.1) is 0 Å². The molecule has 0 N–H and O–H groups in total. The number of halogens is 2. The van der Waals surface area contributed by atoms with Gasteiger partial charge in [-0.05, 0) is 12.1 Å². The summed E-state index contributed by atoms with van der Waals surface area (Å²) in [6.07, 6.45) is 0. The molecule has 3 rings (SSSR count). The molecule has 0 unspecified atom stereocenters. The lowest BCUT2D eigenvalue weighted by molar-refractivity contribution is -0.121. The summed E-state index contributed by atoms with van der Waals surface area (Å²) < 4.78 is 28.8. The standard InChI is InChI=1S/C14H14Cl2N2O4S2/c1-22-5-12(19)17-14-18(9-4-2-3-8(15)13(9)16)10-6-24(20,21)7-11(10)23-14/h2-4,10-11H,5-7H2,1H3/t10-,11+/m0/s1. The molecule has 0 aliphatic carbocycles. The molecule has 0 spiro atoms. The fraction of sp³-hybridized carbons (Fsp3) is 0.429. The zero-order valence-electron chi connectivity index (χ0n) is 12.6. The predicted octanol–water partition coefficient (Wildman–Crippen LogP) is 2.24. The monoisotopic (exact) mass is 408 g/mol. The van der Waals surface area contributed by atoms with Gasteiger partial charge in [0.1, 0.15) is 6.61 Å². The van der Waals surface area contributed by atoms with Crippen molar-refractivity contribution in [3.05, 3.63) is 28.2 Å². The lowest BCUT2D eigenvalue weighted by atomic mass is 10.2. The van der Waals surface area contributed by atoms with Crippen molar-refractivity contribution in [1.29, 1.82) is 0 Å². The number of aliphatic imine (C=N–C) groups is 1. The number of ether oxygens (including phenoxy) is 1. The molecule has 2 aliphatic rings. The minimum Gasteiger partial charge on any atom is -0.375 e. The van der Waals surface area contributed by atoms with Crippen LogP contribution in [0.25, 0.3) is 0 Å². The Hall–Kier alpha value is -0.800. The zero-order chi connectivity index (χ0) is 17.5. The van der Waals surface area contributed by atoms with Crippen LogP contribution in [0.1, 0.15) is 0 Å². The number of nitrogens with zero attached hydrogens (tertiary/aromatic N) is 2. The fourth-order valence-corrected chi connectivity index (χ4v) is 7.10. The van der Waals surface area contributed by atoms with E-state index in [1.807, 2.05) is 0 Å². The summed E-state index contributed by atoms with van der Waals surface area (Å²) >= 11 is 13.7. The number of methoxy groups -OCH3 is 1. The van der Waals surface area contributed by atoms with Gasteiger partial charge in [0.25, 0.3) is 5.91 Å². The van der Waals surface area contributed by atoms with Crippen LogP contribution in [-0.4, -0.2) is 56.0 Å². The molecular weight excluding hydrogens is 395 g/mol. The molecule has 6 nitrogen and oxygen atoms in total. The van der Waals surface area contributed by atoms with Crippen molar-refractivity contribution in [3.63, 3.8) is 0 Å². The number of carbonyl (C=O) groups is 1. The van der Waals surface area contributed by atoms with Gasteiger partial charge in [-0.15, -0.1) is 0 Å². The molecule has 0 radical (unpaired) electrons. The van der Waals surface area contributed by atoms with E-state index in [9.17, 15) is 13.2 Å². The molecule has 130 valence electrons. The van der Waals surface area contributed by atoms with Crippen LogP contribution in [0.3, 0.4) is 0 Å². The van der Waals surface area contributed by atoms with Gasteiger partial charge in [0.2, 0.25) is 0 Å². The Morgan fingerprint density at radius 3 is 2.88 bits per heavy atom. The van der Waals surface area contributed by atoms with Crippen molar-refractivity contribution in [2.24, 2.45) is 4.99 Å². The van der Waals surface area contributed by atoms with E-state index >= 15 is 0 Å². The molecule has 0 aromatic heterocycles. The van der Waals surface area contributed by atoms with E-state index in [1.165, 1.54) is 18.9 Å². The Bertz CT molecular complexity index is 813. The molecule has 1 amide bonds. The average molecular weight is 409 g/mol. The van der Waals surface area contributed by atoms with Gasteiger partial charge in [0.15, 0.2) is 15.0 Å². The SMILES string of the molecule is COCC(=O)N=C1S[C@@H]2CS(=O)(=O)C[C@@H]2N1c1cccc(Cl)c1Cl. The molecule has 0 bridgehead atoms. The Kier molecular flexibility index (Phi) is 5.13. The largest absolute Gasteiger partial charge is 0.375 e. The summed E-state index contributed by atoms with van der Waals surface area (Å²) in [5, 5.41) is 0.882. The average Bonchev–Trinajstić information content (AvgIpc) is 2.94. The third-order valence-electron chi connectivity index (χ3n) is 3.75. The van der Waals surface area contributed by atoms with E-state index in [1.54, 1.807) is 23.1 Å². The number of benzene rings is 1. The number of thioether (sulfide) groups is 1. The second-order valence-corrected chi connectivity index (χ2v) is 9.61. The van der Waals surface area contributed by atoms with Gasteiger partial charge in [-0.3, -0.25) is 4.79 Å². The molecule has 2 saturated heterocycles. The molecule has 2 heterocycles. The number of anilines is 1. The van der Waals surface area contributed by atoms with Crippen molar-refractivity contribution in [2.45, 2.75) is 11.3 Å². The molecule has 2 aliphatic heterocycles. The first-order valence-corrected chi connectivity index (χ1v) is 10.5. The quantitative estimate of drug-likeness (QED) is 0.762. The second kappa shape index (κ2) is 6.84. The van der Waals surface area contributed by atoms with E-state index in [2.05, 4.69) is 4.99 Å². The van der Waals surface area contributed by atoms with E-state index in [-0.39, 0.29) is 29.4 Å². The van der Waals surface area contributed by atoms with Crippen LogP contribution in [0.4, 0.5) is 5.69 Å². The molecule has 2 atom stereocenters. The van der Waals surface area contributed by atoms with Gasteiger partial charge in [0, 0.05) is 12.4 Å². The van der Waals surface area contributed by atoms with E-state index in [0.717, 1.165) is 0 Å². The van der Waals surface area contributed by atoms with Crippen LogP contribution in [0.15, 0.2) is 23.2 Å². The van der Waals surface area contributed by atoms with Crippen LogP contribution >= 0.6 is 35.0 Å². The topological polar surface area (TPSA) is 76.0 Å². The van der Waals surface area contributed by atoms with E-state index in [0.29, 0.717) is 20.9 Å². The first-order chi connectivity index (χ1) is 11.3. The normalized spacial score (nSPS) is 26.8. The summed E-state index contributed by atoms with van der Waals surface area (Å²) in [4.78, 5) is 17.6. The zero-order valence-corrected chi connectivity index (χ0v) is 15.8. The van der Waals surface area contributed by atoms with Crippen LogP contribution in [-0.2, 0) is 19.4 Å². The van der Waals surface area contributed by atoms with E-state index < -0.39 is 15.7 Å². The molecule has 1 aromatic carbocycles. The molecule has 2 fully saturated rings. The Balaban J connectivity index is 2.05. The first-order valence-electron chi connectivity index (χ1n) is 7.03. The third-order valence-corrected chi connectivity index (χ3v) is 7.76. The summed E-state index contributed by atoms with van der Waals surface area (Å²) in [7, 11) is -1.73. The molecule has 1 aromatic rings. The number of rotatable bonds is 3. The number of fused-ring (bicyclic) bond motifs is 1. The van der Waals surface area contributed by atoms with Crippen LogP contribution < -0.4 is 4.90 Å². The van der Waals surface area contributed by atoms with Crippen LogP contribution in [0.2, 0.25) is 10.0 Å². The van der Waals surface area contributed by atoms with Gasteiger partial charge >= 0.3 is 0 Å². The number of amides is 1. The molecule has 24 heavy (non-hydrogen) atoms. The lowest BCUT2D eigenvalue weighted by Gasteiger charge is -2.25. The Labute approximate surface area is 154 Å². The smallest absolute Gasteiger partial charge is 0.274 e. The van der Waals surface area contributed by atoms with Crippen molar-refractivity contribution in [3.8, 4) is 0 Å². The van der Waals surface area contributed by atoms with Gasteiger partial charge in [0.05, 0.1) is 33.3 Å². The maximum Gasteiger partial charge on any atom is 0.274 e. The number of sulfone groups is 1. The highest BCUT2D eigenvalue weighted by molar-refractivity contribution is 8.16. The molecular formula is C14H14Cl2N2O4S2. The van der Waals surface area contributed by atoms with Crippen molar-refractivity contribution in [1.82, 2.24) is 0 Å². The van der Waals surface area contributed by atoms with Gasteiger partial charge in [-0.1, -0.05) is 41.0 Å². The summed E-state index contributed by atoms with van der Waals surface area (Å²) in [5.41, 5.74) is 0.547. The maximum atomic E-state index is 12.0. The maximum absolute atomic E-state index is 12.0. The second-order valence-electron chi connectivity index (χ2n) is 5.46. The molecule has 0 saturated carbocycles. The van der Waals surface area contributed by atoms with Gasteiger partial charge < -0.3 is 9.64 Å². The van der Waals surface area contributed by atoms with Gasteiger partial charge in [-0.2, -0.15) is 4.99 Å². The summed E-state index contributed by atoms with van der Waals surface area (Å²) in [6, 6.07) is 4.77. The Morgan fingerprint density at radius 2 is 2.17 bits per heavy atom. The summed E-state index contributed by atoms with van der Waals surface area (Å²) in [6.45, 7) is -0.144. The number of amidine groups is 1. The predicted molar refractivity (Wildman–Crippen MR) is 97.1 cm³/mol. The lowest BCUT2D eigenvalue weighted by Crippen LogP contribution is -2.38.